The molecular formula is C21H22N4O2S. The normalized spacial score (nSPS) is 11.9. The molecule has 0 aliphatic carbocycles. The summed E-state index contributed by atoms with van der Waals surface area (Å²) in [6, 6.07) is 10.7. The van der Waals surface area contributed by atoms with Crippen LogP contribution in [0.2, 0.25) is 0 Å². The highest BCUT2D eigenvalue weighted by Gasteiger charge is 2.17. The summed E-state index contributed by atoms with van der Waals surface area (Å²) < 4.78 is 0. The Morgan fingerprint density at radius 1 is 1.00 bits per heavy atom. The molecule has 144 valence electrons. The second-order valence-electron chi connectivity index (χ2n) is 6.75. The van der Waals surface area contributed by atoms with Crippen molar-refractivity contribution in [1.29, 1.82) is 0 Å². The van der Waals surface area contributed by atoms with Gasteiger partial charge in [0.05, 0.1) is 11.5 Å². The summed E-state index contributed by atoms with van der Waals surface area (Å²) in [4.78, 5) is 34.0. The zero-order valence-corrected chi connectivity index (χ0v) is 16.8. The van der Waals surface area contributed by atoms with E-state index in [0.29, 0.717) is 22.3 Å². The summed E-state index contributed by atoms with van der Waals surface area (Å²) in [5, 5.41) is 6.31. The van der Waals surface area contributed by atoms with E-state index in [4.69, 9.17) is 0 Å². The average molecular weight is 395 g/mol. The minimum Gasteiger partial charge on any atom is -0.322 e. The quantitative estimate of drug-likeness (QED) is 0.637. The molecule has 0 saturated carbocycles. The Hall–Kier alpha value is -3.06. The van der Waals surface area contributed by atoms with Gasteiger partial charge in [0.25, 0.3) is 5.91 Å². The predicted octanol–water partition coefficient (Wildman–Crippen LogP) is 4.66. The van der Waals surface area contributed by atoms with Crippen molar-refractivity contribution in [3.8, 4) is 0 Å². The fraction of sp³-hybridized carbons (Fsp3) is 0.238. The number of carbonyl (C=O) groups is 2. The van der Waals surface area contributed by atoms with Gasteiger partial charge in [-0.1, -0.05) is 26.0 Å². The summed E-state index contributed by atoms with van der Waals surface area (Å²) in [6.45, 7) is 6.03. The van der Waals surface area contributed by atoms with Crippen molar-refractivity contribution >= 4 is 34.0 Å². The summed E-state index contributed by atoms with van der Waals surface area (Å²) in [5.41, 5.74) is 2.01. The Morgan fingerprint density at radius 2 is 1.75 bits per heavy atom. The third-order valence-electron chi connectivity index (χ3n) is 4.31. The van der Waals surface area contributed by atoms with Crippen LogP contribution in [-0.4, -0.2) is 21.8 Å². The zero-order chi connectivity index (χ0) is 20.1. The lowest BCUT2D eigenvalue weighted by molar-refractivity contribution is -0.117. The molecule has 0 bridgehead atoms. The van der Waals surface area contributed by atoms with Crippen molar-refractivity contribution in [3.05, 3.63) is 71.0 Å². The standard InChI is InChI=1S/C21H22N4O2S/c1-13(2)18-12-23-21(28-18)25-19(26)14(3)15-6-8-17(9-7-15)24-20(27)16-5-4-10-22-11-16/h4-14H,1-3H3,(H,24,27)(H,23,25,26)/t14-/m1/s1. The van der Waals surface area contributed by atoms with E-state index >= 15 is 0 Å². The molecule has 0 spiro atoms. The molecule has 0 unspecified atom stereocenters. The van der Waals surface area contributed by atoms with E-state index in [1.54, 1.807) is 36.7 Å². The van der Waals surface area contributed by atoms with Crippen LogP contribution in [0.1, 0.15) is 53.4 Å². The zero-order valence-electron chi connectivity index (χ0n) is 16.0. The second kappa shape index (κ2) is 8.75. The fourth-order valence-corrected chi connectivity index (χ4v) is 3.35. The van der Waals surface area contributed by atoms with Crippen LogP contribution < -0.4 is 10.6 Å². The molecule has 7 heteroatoms. The molecule has 6 nitrogen and oxygen atoms in total. The van der Waals surface area contributed by atoms with Gasteiger partial charge in [0.15, 0.2) is 5.13 Å². The van der Waals surface area contributed by atoms with Gasteiger partial charge in [0.1, 0.15) is 0 Å². The lowest BCUT2D eigenvalue weighted by atomic mass is 10.00. The first-order chi connectivity index (χ1) is 13.4. The van der Waals surface area contributed by atoms with Gasteiger partial charge in [-0.05, 0) is 42.7 Å². The van der Waals surface area contributed by atoms with Gasteiger partial charge in [0.2, 0.25) is 5.91 Å². The van der Waals surface area contributed by atoms with Crippen LogP contribution in [0.3, 0.4) is 0 Å². The van der Waals surface area contributed by atoms with Crippen LogP contribution in [0.25, 0.3) is 0 Å². The van der Waals surface area contributed by atoms with Crippen molar-refractivity contribution in [2.75, 3.05) is 10.6 Å². The number of hydrogen-bond donors (Lipinski definition) is 2. The maximum absolute atomic E-state index is 12.5. The molecule has 2 heterocycles. The first-order valence-corrected chi connectivity index (χ1v) is 9.83. The molecule has 2 amide bonds. The Morgan fingerprint density at radius 3 is 2.36 bits per heavy atom. The number of benzene rings is 1. The van der Waals surface area contributed by atoms with Crippen molar-refractivity contribution in [2.24, 2.45) is 0 Å². The predicted molar refractivity (Wildman–Crippen MR) is 112 cm³/mol. The van der Waals surface area contributed by atoms with Crippen molar-refractivity contribution in [2.45, 2.75) is 32.6 Å². The monoisotopic (exact) mass is 394 g/mol. The number of anilines is 2. The number of rotatable bonds is 6. The van der Waals surface area contributed by atoms with Crippen molar-refractivity contribution in [3.63, 3.8) is 0 Å². The van der Waals surface area contributed by atoms with E-state index in [1.807, 2.05) is 19.1 Å². The maximum atomic E-state index is 12.5. The Kier molecular flexibility index (Phi) is 6.16. The Labute approximate surface area is 168 Å². The number of thiazole rings is 1. The number of hydrogen-bond acceptors (Lipinski definition) is 5. The SMILES string of the molecule is CC(C)c1cnc(NC(=O)[C@H](C)c2ccc(NC(=O)c3cccnc3)cc2)s1. The molecule has 2 aromatic heterocycles. The van der Waals surface area contributed by atoms with Gasteiger partial charge in [-0.3, -0.25) is 14.6 Å². The van der Waals surface area contributed by atoms with Crippen LogP contribution in [0.15, 0.2) is 55.0 Å². The summed E-state index contributed by atoms with van der Waals surface area (Å²) in [7, 11) is 0. The van der Waals surface area contributed by atoms with Crippen LogP contribution in [0, 0.1) is 0 Å². The number of amides is 2. The number of nitrogens with one attached hydrogen (secondary N) is 2. The van der Waals surface area contributed by atoms with E-state index in [1.165, 1.54) is 17.5 Å². The van der Waals surface area contributed by atoms with E-state index in [2.05, 4.69) is 34.4 Å². The summed E-state index contributed by atoms with van der Waals surface area (Å²) in [5.74, 6) is -0.294. The van der Waals surface area contributed by atoms with E-state index in [0.717, 1.165) is 10.4 Å². The number of aromatic nitrogens is 2. The molecule has 1 atom stereocenters. The highest BCUT2D eigenvalue weighted by molar-refractivity contribution is 7.15. The molecule has 0 aliphatic heterocycles. The Bertz CT molecular complexity index is 952. The minimum absolute atomic E-state index is 0.114. The summed E-state index contributed by atoms with van der Waals surface area (Å²) in [6.07, 6.45) is 4.93. The molecule has 0 saturated heterocycles. The van der Waals surface area contributed by atoms with Gasteiger partial charge in [-0.15, -0.1) is 11.3 Å². The molecular weight excluding hydrogens is 372 g/mol. The Balaban J connectivity index is 1.61. The van der Waals surface area contributed by atoms with Crippen LogP contribution >= 0.6 is 11.3 Å². The highest BCUT2D eigenvalue weighted by Crippen LogP contribution is 2.26. The van der Waals surface area contributed by atoms with Gasteiger partial charge >= 0.3 is 0 Å². The largest absolute Gasteiger partial charge is 0.322 e. The van der Waals surface area contributed by atoms with Crippen LogP contribution in [0.5, 0.6) is 0 Å². The number of pyridine rings is 1. The first-order valence-electron chi connectivity index (χ1n) is 9.02. The molecule has 28 heavy (non-hydrogen) atoms. The van der Waals surface area contributed by atoms with Crippen LogP contribution in [0.4, 0.5) is 10.8 Å². The third-order valence-corrected chi connectivity index (χ3v) is 5.52. The average Bonchev–Trinajstić information content (AvgIpc) is 3.17. The molecule has 3 aromatic rings. The molecule has 0 aliphatic rings. The van der Waals surface area contributed by atoms with Crippen molar-refractivity contribution < 1.29 is 9.59 Å². The topological polar surface area (TPSA) is 84.0 Å². The van der Waals surface area contributed by atoms with E-state index in [-0.39, 0.29) is 17.7 Å². The lowest BCUT2D eigenvalue weighted by Gasteiger charge is -2.12. The highest BCUT2D eigenvalue weighted by atomic mass is 32.1. The molecule has 2 N–H and O–H groups in total. The third kappa shape index (κ3) is 4.80. The molecule has 0 fully saturated rings. The first kappa shape index (κ1) is 19.7. The lowest BCUT2D eigenvalue weighted by Crippen LogP contribution is -2.18. The second-order valence-corrected chi connectivity index (χ2v) is 7.81. The summed E-state index contributed by atoms with van der Waals surface area (Å²) >= 11 is 1.49. The van der Waals surface area contributed by atoms with E-state index in [9.17, 15) is 9.59 Å². The molecule has 1 aromatic carbocycles. The smallest absolute Gasteiger partial charge is 0.257 e. The van der Waals surface area contributed by atoms with Crippen molar-refractivity contribution in [1.82, 2.24) is 9.97 Å². The van der Waals surface area contributed by atoms with E-state index < -0.39 is 0 Å². The molecule has 3 rings (SSSR count). The minimum atomic E-state index is -0.338. The van der Waals surface area contributed by atoms with Gasteiger partial charge in [0, 0.05) is 29.2 Å². The van der Waals surface area contributed by atoms with Gasteiger partial charge in [-0.25, -0.2) is 4.98 Å². The van der Waals surface area contributed by atoms with Gasteiger partial charge in [-0.2, -0.15) is 0 Å². The van der Waals surface area contributed by atoms with Crippen LogP contribution in [-0.2, 0) is 4.79 Å². The number of carbonyl (C=O) groups excluding carboxylic acids is 2. The maximum Gasteiger partial charge on any atom is 0.257 e. The number of nitrogens with zero attached hydrogens (tertiary/aromatic N) is 2. The van der Waals surface area contributed by atoms with Gasteiger partial charge < -0.3 is 10.6 Å². The molecule has 0 radical (unpaired) electrons. The fourth-order valence-electron chi connectivity index (χ4n) is 2.53.